The number of imidazole rings is 1. The van der Waals surface area contributed by atoms with Gasteiger partial charge in [0.25, 0.3) is 5.91 Å². The van der Waals surface area contributed by atoms with E-state index in [1.807, 2.05) is 10.8 Å². The Morgan fingerprint density at radius 3 is 3.00 bits per heavy atom. The first-order chi connectivity index (χ1) is 9.15. The highest BCUT2D eigenvalue weighted by Gasteiger charge is 2.09. The Morgan fingerprint density at radius 1 is 1.53 bits per heavy atom. The third-order valence-electron chi connectivity index (χ3n) is 2.65. The predicted molar refractivity (Wildman–Crippen MR) is 73.0 cm³/mol. The molecule has 0 radical (unpaired) electrons. The van der Waals surface area contributed by atoms with Gasteiger partial charge in [-0.15, -0.1) is 0 Å². The van der Waals surface area contributed by atoms with E-state index in [-0.39, 0.29) is 5.91 Å². The highest BCUT2D eigenvalue weighted by Crippen LogP contribution is 2.06. The number of hydrogen-bond acceptors (Lipinski definition) is 3. The van der Waals surface area contributed by atoms with Crippen LogP contribution in [0.4, 0.5) is 0 Å². The SMILES string of the molecule is C[C@@H](CNC(=O)c1ccc(Cl)cn1)Cn1ccnc1. The summed E-state index contributed by atoms with van der Waals surface area (Å²) in [5.74, 6) is 0.125. The van der Waals surface area contributed by atoms with Gasteiger partial charge in [-0.25, -0.2) is 9.97 Å². The zero-order valence-corrected chi connectivity index (χ0v) is 11.3. The first-order valence-corrected chi connectivity index (χ1v) is 6.38. The molecule has 2 rings (SSSR count). The molecule has 1 N–H and O–H groups in total. The molecule has 0 bridgehead atoms. The fourth-order valence-electron chi connectivity index (χ4n) is 1.69. The lowest BCUT2D eigenvalue weighted by atomic mass is 10.2. The second-order valence-corrected chi connectivity index (χ2v) is 4.87. The minimum absolute atomic E-state index is 0.186. The van der Waals surface area contributed by atoms with Crippen LogP contribution in [-0.4, -0.2) is 27.0 Å². The second kappa shape index (κ2) is 6.33. The molecule has 5 nitrogen and oxygen atoms in total. The molecule has 1 amide bonds. The summed E-state index contributed by atoms with van der Waals surface area (Å²) in [6.45, 7) is 3.46. The van der Waals surface area contributed by atoms with E-state index in [1.54, 1.807) is 24.7 Å². The number of carbonyl (C=O) groups excluding carboxylic acids is 1. The quantitative estimate of drug-likeness (QED) is 0.910. The summed E-state index contributed by atoms with van der Waals surface area (Å²) >= 11 is 5.72. The van der Waals surface area contributed by atoms with Gasteiger partial charge < -0.3 is 9.88 Å². The van der Waals surface area contributed by atoms with Crippen LogP contribution in [0.3, 0.4) is 0 Å². The summed E-state index contributed by atoms with van der Waals surface area (Å²) in [6.07, 6.45) is 6.87. The van der Waals surface area contributed by atoms with Gasteiger partial charge in [0, 0.05) is 31.7 Å². The predicted octanol–water partition coefficient (Wildman–Crippen LogP) is 2.00. The first-order valence-electron chi connectivity index (χ1n) is 6.00. The molecule has 2 aromatic heterocycles. The molecule has 19 heavy (non-hydrogen) atoms. The summed E-state index contributed by atoms with van der Waals surface area (Å²) < 4.78 is 1.98. The lowest BCUT2D eigenvalue weighted by Gasteiger charge is -2.12. The molecular weight excluding hydrogens is 264 g/mol. The molecule has 0 unspecified atom stereocenters. The maximum Gasteiger partial charge on any atom is 0.269 e. The highest BCUT2D eigenvalue weighted by atomic mass is 35.5. The van der Waals surface area contributed by atoms with E-state index in [9.17, 15) is 4.79 Å². The van der Waals surface area contributed by atoms with Crippen molar-refractivity contribution in [2.45, 2.75) is 13.5 Å². The number of nitrogens with zero attached hydrogens (tertiary/aromatic N) is 3. The van der Waals surface area contributed by atoms with Gasteiger partial charge in [-0.3, -0.25) is 4.79 Å². The Labute approximate surface area is 116 Å². The van der Waals surface area contributed by atoms with Gasteiger partial charge >= 0.3 is 0 Å². The van der Waals surface area contributed by atoms with Crippen LogP contribution >= 0.6 is 11.6 Å². The molecule has 0 saturated heterocycles. The van der Waals surface area contributed by atoms with E-state index in [2.05, 4.69) is 22.2 Å². The minimum Gasteiger partial charge on any atom is -0.350 e. The average Bonchev–Trinajstić information content (AvgIpc) is 2.89. The third-order valence-corrected chi connectivity index (χ3v) is 2.88. The normalized spacial score (nSPS) is 12.1. The zero-order valence-electron chi connectivity index (χ0n) is 10.6. The van der Waals surface area contributed by atoms with Crippen molar-refractivity contribution >= 4 is 17.5 Å². The molecule has 6 heteroatoms. The van der Waals surface area contributed by atoms with E-state index < -0.39 is 0 Å². The van der Waals surface area contributed by atoms with Crippen LogP contribution in [0.5, 0.6) is 0 Å². The largest absolute Gasteiger partial charge is 0.350 e. The summed E-state index contributed by atoms with van der Waals surface area (Å²) in [5, 5.41) is 3.37. The van der Waals surface area contributed by atoms with Crippen molar-refractivity contribution in [2.75, 3.05) is 6.54 Å². The van der Waals surface area contributed by atoms with Crippen molar-refractivity contribution in [3.05, 3.63) is 47.8 Å². The summed E-state index contributed by atoms with van der Waals surface area (Å²) in [5.41, 5.74) is 0.374. The fourth-order valence-corrected chi connectivity index (χ4v) is 1.80. The molecular formula is C13H15ClN4O. The number of hydrogen-bond donors (Lipinski definition) is 1. The van der Waals surface area contributed by atoms with E-state index in [0.717, 1.165) is 6.54 Å². The molecule has 0 aliphatic heterocycles. The third kappa shape index (κ3) is 4.06. The van der Waals surface area contributed by atoms with Crippen molar-refractivity contribution in [1.82, 2.24) is 19.9 Å². The molecule has 100 valence electrons. The Kier molecular flexibility index (Phi) is 4.52. The van der Waals surface area contributed by atoms with Crippen molar-refractivity contribution in [1.29, 1.82) is 0 Å². The topological polar surface area (TPSA) is 59.8 Å². The monoisotopic (exact) mass is 278 g/mol. The van der Waals surface area contributed by atoms with Crippen LogP contribution in [0.1, 0.15) is 17.4 Å². The summed E-state index contributed by atoms with van der Waals surface area (Å²) in [7, 11) is 0. The number of nitrogens with one attached hydrogen (secondary N) is 1. The van der Waals surface area contributed by atoms with Gasteiger partial charge in [-0.1, -0.05) is 18.5 Å². The fraction of sp³-hybridized carbons (Fsp3) is 0.308. The Bertz CT molecular complexity index is 524. The Balaban J connectivity index is 1.81. The van der Waals surface area contributed by atoms with E-state index in [0.29, 0.717) is 23.2 Å². The lowest BCUT2D eigenvalue weighted by molar-refractivity contribution is 0.0942. The zero-order chi connectivity index (χ0) is 13.7. The number of amides is 1. The van der Waals surface area contributed by atoms with E-state index in [4.69, 9.17) is 11.6 Å². The molecule has 0 spiro atoms. The summed E-state index contributed by atoms with van der Waals surface area (Å²) in [6, 6.07) is 3.26. The minimum atomic E-state index is -0.186. The maximum absolute atomic E-state index is 11.8. The van der Waals surface area contributed by atoms with Crippen molar-refractivity contribution in [3.8, 4) is 0 Å². The van der Waals surface area contributed by atoms with Gasteiger partial charge in [0.1, 0.15) is 5.69 Å². The molecule has 1 atom stereocenters. The lowest BCUT2D eigenvalue weighted by Crippen LogP contribution is -2.30. The van der Waals surface area contributed by atoms with Crippen molar-refractivity contribution < 1.29 is 4.79 Å². The summed E-state index contributed by atoms with van der Waals surface area (Å²) in [4.78, 5) is 19.8. The van der Waals surface area contributed by atoms with Crippen LogP contribution in [0.25, 0.3) is 0 Å². The van der Waals surface area contributed by atoms with Gasteiger partial charge in [-0.2, -0.15) is 0 Å². The average molecular weight is 279 g/mol. The van der Waals surface area contributed by atoms with Gasteiger partial charge in [0.05, 0.1) is 11.3 Å². The molecule has 0 aliphatic carbocycles. The van der Waals surface area contributed by atoms with Crippen LogP contribution in [0.2, 0.25) is 5.02 Å². The van der Waals surface area contributed by atoms with Crippen molar-refractivity contribution in [3.63, 3.8) is 0 Å². The maximum atomic E-state index is 11.8. The van der Waals surface area contributed by atoms with Crippen LogP contribution in [0.15, 0.2) is 37.1 Å². The Morgan fingerprint density at radius 2 is 2.37 bits per heavy atom. The smallest absolute Gasteiger partial charge is 0.269 e. The highest BCUT2D eigenvalue weighted by molar-refractivity contribution is 6.30. The van der Waals surface area contributed by atoms with Gasteiger partial charge in [0.2, 0.25) is 0 Å². The number of carbonyl (C=O) groups is 1. The van der Waals surface area contributed by atoms with Crippen LogP contribution in [-0.2, 0) is 6.54 Å². The second-order valence-electron chi connectivity index (χ2n) is 4.44. The van der Waals surface area contributed by atoms with E-state index in [1.165, 1.54) is 6.20 Å². The molecule has 0 saturated carbocycles. The number of rotatable bonds is 5. The molecule has 2 heterocycles. The molecule has 0 aromatic carbocycles. The van der Waals surface area contributed by atoms with Gasteiger partial charge in [0.15, 0.2) is 0 Å². The molecule has 0 aliphatic rings. The van der Waals surface area contributed by atoms with Crippen LogP contribution in [0, 0.1) is 5.92 Å². The Hall–Kier alpha value is -1.88. The number of pyridine rings is 1. The molecule has 2 aromatic rings. The number of halogens is 1. The van der Waals surface area contributed by atoms with Crippen molar-refractivity contribution in [2.24, 2.45) is 5.92 Å². The first kappa shape index (κ1) is 13.5. The standard InChI is InChI=1S/C13H15ClN4O/c1-10(8-18-5-4-15-9-18)6-17-13(19)12-3-2-11(14)7-16-12/h2-5,7,9-10H,6,8H2,1H3,(H,17,19)/t10-/m0/s1. The van der Waals surface area contributed by atoms with Crippen LogP contribution < -0.4 is 5.32 Å². The number of aromatic nitrogens is 3. The molecule has 0 fully saturated rings. The van der Waals surface area contributed by atoms with Gasteiger partial charge in [-0.05, 0) is 18.1 Å². The van der Waals surface area contributed by atoms with E-state index >= 15 is 0 Å².